The number of hydrogen-bond donors (Lipinski definition) is 1. The number of ether oxygens (including phenoxy) is 1. The van der Waals surface area contributed by atoms with E-state index in [2.05, 4.69) is 5.32 Å². The first-order chi connectivity index (χ1) is 13.9. The van der Waals surface area contributed by atoms with Crippen LogP contribution >= 0.6 is 24.0 Å². The second-order valence-corrected chi connectivity index (χ2v) is 8.31. The maximum Gasteiger partial charge on any atom is 0.266 e. The number of likely N-dealkylation sites (N-methyl/N-ethyl adjacent to an activating group) is 1. The van der Waals surface area contributed by atoms with Crippen molar-refractivity contribution in [1.29, 1.82) is 0 Å². The Bertz CT molecular complexity index is 984. The van der Waals surface area contributed by atoms with Gasteiger partial charge in [-0.15, -0.1) is 0 Å². The average molecular weight is 427 g/mol. The van der Waals surface area contributed by atoms with Crippen LogP contribution in [0.1, 0.15) is 23.6 Å². The Kier molecular flexibility index (Phi) is 6.71. The molecule has 2 amide bonds. The smallest absolute Gasteiger partial charge is 0.266 e. The molecule has 0 aromatic heterocycles. The lowest BCUT2D eigenvalue weighted by Gasteiger charge is -2.10. The van der Waals surface area contributed by atoms with Gasteiger partial charge in [-0.3, -0.25) is 14.5 Å². The van der Waals surface area contributed by atoms with Crippen LogP contribution in [0.15, 0.2) is 47.4 Å². The van der Waals surface area contributed by atoms with Crippen LogP contribution in [-0.4, -0.2) is 34.2 Å². The normalized spacial score (nSPS) is 15.1. The Morgan fingerprint density at radius 3 is 2.52 bits per heavy atom. The fourth-order valence-corrected chi connectivity index (χ4v) is 4.13. The maximum absolute atomic E-state index is 12.3. The van der Waals surface area contributed by atoms with Crippen molar-refractivity contribution in [1.82, 2.24) is 4.90 Å². The summed E-state index contributed by atoms with van der Waals surface area (Å²) in [5.74, 6) is 0.296. The molecule has 1 aliphatic rings. The number of rotatable bonds is 6. The third-order valence-corrected chi connectivity index (χ3v) is 5.91. The molecule has 0 spiro atoms. The number of nitrogens with zero attached hydrogens (tertiary/aromatic N) is 1. The van der Waals surface area contributed by atoms with Crippen molar-refractivity contribution in [3.05, 3.63) is 64.1 Å². The number of thioether (sulfide) groups is 1. The second kappa shape index (κ2) is 9.24. The highest BCUT2D eigenvalue weighted by Gasteiger charge is 2.30. The quantitative estimate of drug-likeness (QED) is 0.543. The van der Waals surface area contributed by atoms with Crippen LogP contribution < -0.4 is 10.1 Å². The average Bonchev–Trinajstić information content (AvgIpc) is 2.96. The summed E-state index contributed by atoms with van der Waals surface area (Å²) >= 11 is 6.53. The molecule has 5 nitrogen and oxygen atoms in total. The number of benzene rings is 2. The first kappa shape index (κ1) is 21.1. The Morgan fingerprint density at radius 2 is 1.90 bits per heavy atom. The highest BCUT2D eigenvalue weighted by Crippen LogP contribution is 2.32. The summed E-state index contributed by atoms with van der Waals surface area (Å²) in [5, 5.41) is 2.83. The van der Waals surface area contributed by atoms with Gasteiger partial charge in [0.15, 0.2) is 6.61 Å². The van der Waals surface area contributed by atoms with E-state index < -0.39 is 0 Å². The minimum absolute atomic E-state index is 0.0640. The largest absolute Gasteiger partial charge is 0.484 e. The summed E-state index contributed by atoms with van der Waals surface area (Å²) in [6.45, 7) is 6.42. The van der Waals surface area contributed by atoms with E-state index in [9.17, 15) is 9.59 Å². The number of amides is 2. The summed E-state index contributed by atoms with van der Waals surface area (Å²) in [5.41, 5.74) is 3.92. The minimum Gasteiger partial charge on any atom is -0.484 e. The van der Waals surface area contributed by atoms with Gasteiger partial charge < -0.3 is 10.1 Å². The van der Waals surface area contributed by atoms with E-state index in [1.165, 1.54) is 17.3 Å². The van der Waals surface area contributed by atoms with Crippen LogP contribution in [0.2, 0.25) is 0 Å². The van der Waals surface area contributed by atoms with E-state index in [-0.39, 0.29) is 18.4 Å². The molecule has 29 heavy (non-hydrogen) atoms. The highest BCUT2D eigenvalue weighted by molar-refractivity contribution is 8.26. The number of carbonyl (C=O) groups is 2. The van der Waals surface area contributed by atoms with Crippen molar-refractivity contribution < 1.29 is 14.3 Å². The molecule has 0 aliphatic carbocycles. The predicted octanol–water partition coefficient (Wildman–Crippen LogP) is 4.54. The van der Waals surface area contributed by atoms with Crippen molar-refractivity contribution in [2.45, 2.75) is 20.8 Å². The number of nitrogens with one attached hydrogen (secondary N) is 1. The lowest BCUT2D eigenvalue weighted by Crippen LogP contribution is -2.27. The van der Waals surface area contributed by atoms with Crippen molar-refractivity contribution in [3.8, 4) is 5.75 Å². The molecule has 3 rings (SSSR count). The highest BCUT2D eigenvalue weighted by atomic mass is 32.2. The Labute approximate surface area is 180 Å². The fourth-order valence-electron chi connectivity index (χ4n) is 2.75. The van der Waals surface area contributed by atoms with E-state index >= 15 is 0 Å². The molecule has 0 atom stereocenters. The number of aryl methyl sites for hydroxylation is 2. The number of thiocarbonyl (C=S) groups is 1. The third-order valence-electron chi connectivity index (χ3n) is 4.53. The molecule has 7 heteroatoms. The number of hydrogen-bond acceptors (Lipinski definition) is 5. The van der Waals surface area contributed by atoms with Gasteiger partial charge in [-0.2, -0.15) is 0 Å². The van der Waals surface area contributed by atoms with Gasteiger partial charge in [-0.05, 0) is 67.8 Å². The van der Waals surface area contributed by atoms with Gasteiger partial charge in [0.1, 0.15) is 10.1 Å². The van der Waals surface area contributed by atoms with E-state index in [0.29, 0.717) is 21.5 Å². The van der Waals surface area contributed by atoms with Gasteiger partial charge in [0.05, 0.1) is 4.91 Å². The molecule has 0 bridgehead atoms. The first-order valence-corrected chi connectivity index (χ1v) is 10.4. The van der Waals surface area contributed by atoms with Gasteiger partial charge in [-0.1, -0.05) is 42.2 Å². The van der Waals surface area contributed by atoms with Crippen LogP contribution in [0, 0.1) is 13.8 Å². The second-order valence-electron chi connectivity index (χ2n) is 6.63. The van der Waals surface area contributed by atoms with E-state index in [1.54, 1.807) is 17.0 Å². The monoisotopic (exact) mass is 426 g/mol. The SMILES string of the molecule is CCN1C(=O)/C(=C\c2ccc(OCC(=O)Nc3ccc(C)c(C)c3)cc2)SC1=S. The lowest BCUT2D eigenvalue weighted by molar-refractivity contribution is -0.122. The molecule has 1 saturated heterocycles. The Morgan fingerprint density at radius 1 is 1.17 bits per heavy atom. The standard InChI is InChI=1S/C22H22N2O3S2/c1-4-24-21(26)19(29-22(24)28)12-16-6-9-18(10-7-16)27-13-20(25)23-17-8-5-14(2)15(3)11-17/h5-12H,4,13H2,1-3H3,(H,23,25)/b19-12+. The van der Waals surface area contributed by atoms with Crippen LogP contribution in [-0.2, 0) is 9.59 Å². The van der Waals surface area contributed by atoms with Crippen molar-refractivity contribution in [2.75, 3.05) is 18.5 Å². The predicted molar refractivity (Wildman–Crippen MR) is 122 cm³/mol. The molecule has 1 N–H and O–H groups in total. The molecule has 0 unspecified atom stereocenters. The Balaban J connectivity index is 1.56. The first-order valence-electron chi connectivity index (χ1n) is 9.22. The zero-order chi connectivity index (χ0) is 21.0. The summed E-state index contributed by atoms with van der Waals surface area (Å²) < 4.78 is 6.14. The van der Waals surface area contributed by atoms with E-state index in [4.69, 9.17) is 17.0 Å². The zero-order valence-corrected chi connectivity index (χ0v) is 18.2. The van der Waals surface area contributed by atoms with Gasteiger partial charge in [0.25, 0.3) is 11.8 Å². The van der Waals surface area contributed by atoms with Crippen LogP contribution in [0.4, 0.5) is 5.69 Å². The fraction of sp³-hybridized carbons (Fsp3) is 0.227. The van der Waals surface area contributed by atoms with Crippen molar-refractivity contribution >= 4 is 51.9 Å². The number of anilines is 1. The summed E-state index contributed by atoms with van der Waals surface area (Å²) in [6.07, 6.45) is 1.81. The molecule has 0 radical (unpaired) electrons. The number of carbonyl (C=O) groups excluding carboxylic acids is 2. The molecular formula is C22H22N2O3S2. The topological polar surface area (TPSA) is 58.6 Å². The molecule has 2 aromatic carbocycles. The molecule has 2 aromatic rings. The van der Waals surface area contributed by atoms with Crippen LogP contribution in [0.5, 0.6) is 5.75 Å². The molecule has 1 aliphatic heterocycles. The van der Waals surface area contributed by atoms with Crippen LogP contribution in [0.25, 0.3) is 6.08 Å². The third kappa shape index (κ3) is 5.25. The summed E-state index contributed by atoms with van der Waals surface area (Å²) in [4.78, 5) is 26.6. The Hall–Kier alpha value is -2.64. The molecule has 1 fully saturated rings. The maximum atomic E-state index is 12.3. The molecular weight excluding hydrogens is 404 g/mol. The summed E-state index contributed by atoms with van der Waals surface area (Å²) in [6, 6.07) is 13.0. The molecule has 1 heterocycles. The van der Waals surface area contributed by atoms with Gasteiger partial charge in [0, 0.05) is 12.2 Å². The van der Waals surface area contributed by atoms with E-state index in [1.807, 2.05) is 57.2 Å². The molecule has 0 saturated carbocycles. The van der Waals surface area contributed by atoms with Crippen molar-refractivity contribution in [3.63, 3.8) is 0 Å². The minimum atomic E-state index is -0.222. The molecule has 150 valence electrons. The van der Waals surface area contributed by atoms with Gasteiger partial charge in [-0.25, -0.2) is 0 Å². The van der Waals surface area contributed by atoms with Gasteiger partial charge in [0.2, 0.25) is 0 Å². The van der Waals surface area contributed by atoms with Gasteiger partial charge >= 0.3 is 0 Å². The zero-order valence-electron chi connectivity index (χ0n) is 16.5. The lowest BCUT2D eigenvalue weighted by atomic mass is 10.1. The van der Waals surface area contributed by atoms with Crippen molar-refractivity contribution in [2.24, 2.45) is 0 Å². The summed E-state index contributed by atoms with van der Waals surface area (Å²) in [7, 11) is 0. The van der Waals surface area contributed by atoms with E-state index in [0.717, 1.165) is 16.8 Å². The van der Waals surface area contributed by atoms with Crippen LogP contribution in [0.3, 0.4) is 0 Å².